The Labute approximate surface area is 172 Å². The van der Waals surface area contributed by atoms with E-state index in [2.05, 4.69) is 5.32 Å². The monoisotopic (exact) mass is 409 g/mol. The number of anilines is 2. The predicted octanol–water partition coefficient (Wildman–Crippen LogP) is 3.84. The van der Waals surface area contributed by atoms with Crippen LogP contribution >= 0.6 is 0 Å². The lowest BCUT2D eigenvalue weighted by molar-refractivity contribution is -0.383. The molecule has 1 N–H and O–H groups in total. The lowest BCUT2D eigenvalue weighted by atomic mass is 9.85. The summed E-state index contributed by atoms with van der Waals surface area (Å²) in [5.74, 6) is -1.76. The van der Waals surface area contributed by atoms with Gasteiger partial charge in [-0.15, -0.1) is 0 Å². The van der Waals surface area contributed by atoms with E-state index in [-0.39, 0.29) is 34.7 Å². The fourth-order valence-corrected chi connectivity index (χ4v) is 4.05. The van der Waals surface area contributed by atoms with Crippen molar-refractivity contribution in [1.29, 1.82) is 0 Å². The summed E-state index contributed by atoms with van der Waals surface area (Å²) in [6.45, 7) is 0.290. The van der Waals surface area contributed by atoms with E-state index in [0.29, 0.717) is 31.4 Å². The molecule has 1 fully saturated rings. The molecule has 2 atom stereocenters. The highest BCUT2D eigenvalue weighted by atomic mass is 19.1. The molecule has 2 aromatic rings. The average molecular weight is 409 g/mol. The third-order valence-electron chi connectivity index (χ3n) is 5.61. The van der Waals surface area contributed by atoms with Crippen molar-refractivity contribution in [3.05, 3.63) is 76.1 Å². The standard InChI is InChI=1S/C22H20FN3O4/c23-18-8-4-1-5-14(18)11-12-24-19-10-9-15(13-20(19)26(29)30)25-21(27)16-6-2-3-7-17(16)22(25)28/h1-5,8-10,13,16-17,24H,6-7,11-12H2/t16-,17-/m0/s1. The zero-order valence-corrected chi connectivity index (χ0v) is 16.1. The van der Waals surface area contributed by atoms with E-state index in [9.17, 15) is 24.1 Å². The number of halogens is 1. The summed E-state index contributed by atoms with van der Waals surface area (Å²) in [6.07, 6.45) is 5.14. The van der Waals surface area contributed by atoms with Gasteiger partial charge in [0.1, 0.15) is 11.5 Å². The van der Waals surface area contributed by atoms with Crippen LogP contribution in [0.1, 0.15) is 18.4 Å². The molecule has 2 aliphatic rings. The molecule has 1 aliphatic carbocycles. The summed E-state index contributed by atoms with van der Waals surface area (Å²) in [5.41, 5.74) is 0.715. The van der Waals surface area contributed by atoms with Crippen molar-refractivity contribution >= 4 is 28.9 Å². The Balaban J connectivity index is 1.54. The molecule has 8 heteroatoms. The van der Waals surface area contributed by atoms with Crippen LogP contribution in [-0.4, -0.2) is 23.3 Å². The molecule has 0 spiro atoms. The normalized spacial score (nSPS) is 20.4. The minimum absolute atomic E-state index is 0.200. The average Bonchev–Trinajstić information content (AvgIpc) is 3.00. The molecule has 0 unspecified atom stereocenters. The maximum atomic E-state index is 13.7. The van der Waals surface area contributed by atoms with Crippen LogP contribution in [0.4, 0.5) is 21.5 Å². The van der Waals surface area contributed by atoms with Gasteiger partial charge in [0.25, 0.3) is 5.69 Å². The van der Waals surface area contributed by atoms with Crippen LogP contribution < -0.4 is 10.2 Å². The molecule has 154 valence electrons. The second-order valence-electron chi connectivity index (χ2n) is 7.39. The topological polar surface area (TPSA) is 92.6 Å². The van der Waals surface area contributed by atoms with Crippen LogP contribution in [0.3, 0.4) is 0 Å². The number of rotatable bonds is 6. The van der Waals surface area contributed by atoms with Crippen molar-refractivity contribution in [2.45, 2.75) is 19.3 Å². The zero-order valence-electron chi connectivity index (χ0n) is 16.1. The fraction of sp³-hybridized carbons (Fsp3) is 0.273. The Morgan fingerprint density at radius 1 is 1.07 bits per heavy atom. The van der Waals surface area contributed by atoms with E-state index in [4.69, 9.17) is 0 Å². The lowest BCUT2D eigenvalue weighted by Crippen LogP contribution is -2.30. The number of nitrogens with zero attached hydrogens (tertiary/aromatic N) is 2. The Hall–Kier alpha value is -3.55. The third kappa shape index (κ3) is 3.56. The molecule has 0 radical (unpaired) electrons. The molecule has 1 saturated heterocycles. The van der Waals surface area contributed by atoms with Crippen molar-refractivity contribution in [2.24, 2.45) is 11.8 Å². The van der Waals surface area contributed by atoms with Gasteiger partial charge in [-0.1, -0.05) is 30.4 Å². The van der Waals surface area contributed by atoms with E-state index in [1.165, 1.54) is 24.3 Å². The highest BCUT2D eigenvalue weighted by Gasteiger charge is 2.48. The number of benzene rings is 2. The number of nitro benzene ring substituents is 1. The predicted molar refractivity (Wildman–Crippen MR) is 110 cm³/mol. The highest BCUT2D eigenvalue weighted by Crippen LogP contribution is 2.39. The molecule has 1 aliphatic heterocycles. The van der Waals surface area contributed by atoms with Gasteiger partial charge in [-0.05, 0) is 43.0 Å². The van der Waals surface area contributed by atoms with Gasteiger partial charge >= 0.3 is 0 Å². The lowest BCUT2D eigenvalue weighted by Gasteiger charge is -2.16. The van der Waals surface area contributed by atoms with Crippen LogP contribution in [0.5, 0.6) is 0 Å². The number of nitro groups is 1. The molecule has 4 rings (SSSR count). The van der Waals surface area contributed by atoms with Crippen molar-refractivity contribution in [3.8, 4) is 0 Å². The quantitative estimate of drug-likeness (QED) is 0.339. The molecule has 0 bridgehead atoms. The summed E-state index contributed by atoms with van der Waals surface area (Å²) in [5, 5.41) is 14.6. The minimum atomic E-state index is -0.561. The first-order chi connectivity index (χ1) is 14.5. The van der Waals surface area contributed by atoms with Gasteiger partial charge in [0.05, 0.1) is 22.4 Å². The van der Waals surface area contributed by atoms with Crippen molar-refractivity contribution < 1.29 is 18.9 Å². The van der Waals surface area contributed by atoms with Gasteiger partial charge in [-0.3, -0.25) is 19.7 Å². The molecule has 2 aromatic carbocycles. The van der Waals surface area contributed by atoms with E-state index in [1.54, 1.807) is 18.2 Å². The largest absolute Gasteiger partial charge is 0.379 e. The molecule has 0 aromatic heterocycles. The summed E-state index contributed by atoms with van der Waals surface area (Å²) in [6, 6.07) is 10.6. The fourth-order valence-electron chi connectivity index (χ4n) is 4.05. The number of hydrogen-bond acceptors (Lipinski definition) is 5. The molecular formula is C22H20FN3O4. The summed E-state index contributed by atoms with van der Waals surface area (Å²) < 4.78 is 13.7. The molecular weight excluding hydrogens is 389 g/mol. The van der Waals surface area contributed by atoms with Crippen LogP contribution in [0, 0.1) is 27.8 Å². The molecule has 7 nitrogen and oxygen atoms in total. The van der Waals surface area contributed by atoms with Crippen molar-refractivity contribution in [3.63, 3.8) is 0 Å². The minimum Gasteiger partial charge on any atom is -0.379 e. The second-order valence-corrected chi connectivity index (χ2v) is 7.39. The zero-order chi connectivity index (χ0) is 21.3. The van der Waals surface area contributed by atoms with Crippen LogP contribution in [0.25, 0.3) is 0 Å². The number of carbonyl (C=O) groups is 2. The number of fused-ring (bicyclic) bond motifs is 1. The Morgan fingerprint density at radius 2 is 1.73 bits per heavy atom. The van der Waals surface area contributed by atoms with Gasteiger partial charge in [0.2, 0.25) is 11.8 Å². The van der Waals surface area contributed by atoms with E-state index < -0.39 is 16.8 Å². The van der Waals surface area contributed by atoms with Gasteiger partial charge in [-0.2, -0.15) is 0 Å². The summed E-state index contributed by atoms with van der Waals surface area (Å²) in [7, 11) is 0. The smallest absolute Gasteiger partial charge is 0.294 e. The first-order valence-electron chi connectivity index (χ1n) is 9.76. The number of carbonyl (C=O) groups excluding carboxylic acids is 2. The molecule has 1 heterocycles. The SMILES string of the molecule is O=C1[C@H]2CC=CC[C@@H]2C(=O)N1c1ccc(NCCc2ccccc2F)c([N+](=O)[O-])c1. The van der Waals surface area contributed by atoms with Crippen molar-refractivity contribution in [1.82, 2.24) is 0 Å². The maximum absolute atomic E-state index is 13.7. The molecule has 30 heavy (non-hydrogen) atoms. The third-order valence-corrected chi connectivity index (χ3v) is 5.61. The Morgan fingerprint density at radius 3 is 2.37 bits per heavy atom. The van der Waals surface area contributed by atoms with E-state index >= 15 is 0 Å². The Bertz CT molecular complexity index is 1030. The summed E-state index contributed by atoms with van der Waals surface area (Å²) >= 11 is 0. The number of nitrogens with one attached hydrogen (secondary N) is 1. The van der Waals surface area contributed by atoms with Crippen molar-refractivity contribution in [2.75, 3.05) is 16.8 Å². The van der Waals surface area contributed by atoms with E-state index in [0.717, 1.165) is 4.90 Å². The second kappa shape index (κ2) is 8.06. The number of allylic oxidation sites excluding steroid dienone is 2. The highest BCUT2D eigenvalue weighted by molar-refractivity contribution is 6.22. The van der Waals surface area contributed by atoms with Crippen LogP contribution in [-0.2, 0) is 16.0 Å². The maximum Gasteiger partial charge on any atom is 0.294 e. The number of amides is 2. The Kier molecular flexibility index (Phi) is 5.31. The van der Waals surface area contributed by atoms with Gasteiger partial charge in [0, 0.05) is 12.6 Å². The molecule has 0 saturated carbocycles. The number of hydrogen-bond donors (Lipinski definition) is 1. The van der Waals surface area contributed by atoms with Gasteiger partial charge in [0.15, 0.2) is 0 Å². The van der Waals surface area contributed by atoms with Crippen LogP contribution in [0.2, 0.25) is 0 Å². The van der Waals surface area contributed by atoms with Crippen LogP contribution in [0.15, 0.2) is 54.6 Å². The first-order valence-corrected chi connectivity index (χ1v) is 9.76. The van der Waals surface area contributed by atoms with Gasteiger partial charge in [-0.25, -0.2) is 9.29 Å². The van der Waals surface area contributed by atoms with Gasteiger partial charge < -0.3 is 5.32 Å². The molecule has 2 amide bonds. The first kappa shape index (κ1) is 19.8. The summed E-state index contributed by atoms with van der Waals surface area (Å²) in [4.78, 5) is 37.6. The number of imide groups is 1. The van der Waals surface area contributed by atoms with E-state index in [1.807, 2.05) is 12.2 Å².